The number of methoxy groups -OCH3 is 1. The maximum absolute atomic E-state index is 11.5. The molecule has 0 saturated heterocycles. The van der Waals surface area contributed by atoms with Gasteiger partial charge >= 0.3 is 5.97 Å². The summed E-state index contributed by atoms with van der Waals surface area (Å²) in [6.07, 6.45) is 2.32. The number of ether oxygens (including phenoxy) is 2. The summed E-state index contributed by atoms with van der Waals surface area (Å²) in [6.45, 7) is 2.56. The number of benzene rings is 2. The van der Waals surface area contributed by atoms with E-state index in [4.69, 9.17) is 9.47 Å². The van der Waals surface area contributed by atoms with E-state index >= 15 is 0 Å². The maximum atomic E-state index is 11.5. The molecule has 0 bridgehead atoms. The SMILES string of the molecule is COC(=O)C[C@H](C)c1c[nH]c2ccc(OCc3ccccc3)cc12. The molecule has 0 aliphatic rings. The van der Waals surface area contributed by atoms with Crippen LogP contribution in [-0.2, 0) is 16.1 Å². The number of carbonyl (C=O) groups is 1. The van der Waals surface area contributed by atoms with E-state index in [2.05, 4.69) is 4.98 Å². The lowest BCUT2D eigenvalue weighted by molar-refractivity contribution is -0.140. The Morgan fingerprint density at radius 1 is 1.17 bits per heavy atom. The van der Waals surface area contributed by atoms with Crippen LogP contribution < -0.4 is 4.74 Å². The summed E-state index contributed by atoms with van der Waals surface area (Å²) in [6, 6.07) is 16.1. The first-order chi connectivity index (χ1) is 11.7. The van der Waals surface area contributed by atoms with Gasteiger partial charge in [-0.1, -0.05) is 37.3 Å². The van der Waals surface area contributed by atoms with Crippen LogP contribution in [0.2, 0.25) is 0 Å². The highest BCUT2D eigenvalue weighted by Gasteiger charge is 2.16. The van der Waals surface area contributed by atoms with E-state index in [9.17, 15) is 4.79 Å². The van der Waals surface area contributed by atoms with Crippen molar-refractivity contribution in [3.05, 3.63) is 65.9 Å². The van der Waals surface area contributed by atoms with E-state index in [0.717, 1.165) is 27.8 Å². The Bertz CT molecular complexity index is 823. The molecule has 4 nitrogen and oxygen atoms in total. The zero-order chi connectivity index (χ0) is 16.9. The molecule has 3 rings (SSSR count). The zero-order valence-corrected chi connectivity index (χ0v) is 13.9. The first-order valence-electron chi connectivity index (χ1n) is 8.02. The minimum absolute atomic E-state index is 0.0792. The van der Waals surface area contributed by atoms with Crippen LogP contribution in [0.15, 0.2) is 54.7 Å². The quantitative estimate of drug-likeness (QED) is 0.683. The first-order valence-corrected chi connectivity index (χ1v) is 8.02. The van der Waals surface area contributed by atoms with E-state index in [-0.39, 0.29) is 11.9 Å². The molecule has 0 radical (unpaired) electrons. The van der Waals surface area contributed by atoms with E-state index in [1.54, 1.807) is 0 Å². The molecule has 2 aromatic carbocycles. The average molecular weight is 323 g/mol. The monoisotopic (exact) mass is 323 g/mol. The third-order valence-corrected chi connectivity index (χ3v) is 4.16. The summed E-state index contributed by atoms with van der Waals surface area (Å²) < 4.78 is 10.7. The van der Waals surface area contributed by atoms with Gasteiger partial charge in [0.2, 0.25) is 0 Å². The maximum Gasteiger partial charge on any atom is 0.306 e. The summed E-state index contributed by atoms with van der Waals surface area (Å²) in [5, 5.41) is 1.08. The second-order valence-electron chi connectivity index (χ2n) is 5.91. The summed E-state index contributed by atoms with van der Waals surface area (Å²) >= 11 is 0. The Balaban J connectivity index is 1.79. The van der Waals surface area contributed by atoms with Crippen LogP contribution in [0.1, 0.15) is 30.4 Å². The summed E-state index contributed by atoms with van der Waals surface area (Å²) in [5.74, 6) is 0.696. The number of aromatic amines is 1. The molecule has 0 amide bonds. The van der Waals surface area contributed by atoms with E-state index in [1.807, 2.05) is 61.7 Å². The van der Waals surface area contributed by atoms with Crippen LogP contribution >= 0.6 is 0 Å². The van der Waals surface area contributed by atoms with Crippen LogP contribution in [-0.4, -0.2) is 18.1 Å². The fourth-order valence-corrected chi connectivity index (χ4v) is 2.80. The number of nitrogens with one attached hydrogen (secondary N) is 1. The minimum Gasteiger partial charge on any atom is -0.489 e. The van der Waals surface area contributed by atoms with Gasteiger partial charge in [-0.05, 0) is 35.2 Å². The molecule has 0 aliphatic carbocycles. The number of H-pyrrole nitrogens is 1. The molecular weight excluding hydrogens is 302 g/mol. The Morgan fingerprint density at radius 3 is 2.71 bits per heavy atom. The second kappa shape index (κ2) is 7.21. The predicted molar refractivity (Wildman–Crippen MR) is 94.1 cm³/mol. The largest absolute Gasteiger partial charge is 0.489 e. The van der Waals surface area contributed by atoms with Gasteiger partial charge in [-0.2, -0.15) is 0 Å². The lowest BCUT2D eigenvalue weighted by Crippen LogP contribution is -2.05. The van der Waals surface area contributed by atoms with Crippen molar-refractivity contribution in [3.63, 3.8) is 0 Å². The average Bonchev–Trinajstić information content (AvgIpc) is 3.04. The Labute approximate surface area is 141 Å². The van der Waals surface area contributed by atoms with Crippen molar-refractivity contribution in [3.8, 4) is 5.75 Å². The number of carbonyl (C=O) groups excluding carboxylic acids is 1. The summed E-state index contributed by atoms with van der Waals surface area (Å²) in [4.78, 5) is 14.8. The number of fused-ring (bicyclic) bond motifs is 1. The van der Waals surface area contributed by atoms with Crippen molar-refractivity contribution in [1.82, 2.24) is 4.98 Å². The standard InChI is InChI=1S/C20H21NO3/c1-14(10-20(22)23-2)18-12-21-19-9-8-16(11-17(18)19)24-13-15-6-4-3-5-7-15/h3-9,11-12,14,21H,10,13H2,1-2H3/t14-/m0/s1. The van der Waals surface area contributed by atoms with Crippen molar-refractivity contribution >= 4 is 16.9 Å². The Kier molecular flexibility index (Phi) is 4.85. The van der Waals surface area contributed by atoms with Gasteiger partial charge < -0.3 is 14.5 Å². The minimum atomic E-state index is -0.201. The van der Waals surface area contributed by atoms with Gasteiger partial charge in [0.15, 0.2) is 0 Å². The molecular formula is C20H21NO3. The highest BCUT2D eigenvalue weighted by Crippen LogP contribution is 2.30. The van der Waals surface area contributed by atoms with Crippen molar-refractivity contribution in [2.24, 2.45) is 0 Å². The lowest BCUT2D eigenvalue weighted by atomic mass is 9.97. The molecule has 0 fully saturated rings. The van der Waals surface area contributed by atoms with Gasteiger partial charge in [0, 0.05) is 17.1 Å². The molecule has 0 spiro atoms. The highest BCUT2D eigenvalue weighted by molar-refractivity contribution is 5.85. The Hall–Kier alpha value is -2.75. The van der Waals surface area contributed by atoms with Crippen LogP contribution in [0.5, 0.6) is 5.75 Å². The second-order valence-corrected chi connectivity index (χ2v) is 5.91. The van der Waals surface area contributed by atoms with Gasteiger partial charge in [-0.15, -0.1) is 0 Å². The van der Waals surface area contributed by atoms with Gasteiger partial charge in [0.05, 0.1) is 13.5 Å². The zero-order valence-electron chi connectivity index (χ0n) is 13.9. The molecule has 1 heterocycles. The van der Waals surface area contributed by atoms with Crippen molar-refractivity contribution in [2.75, 3.05) is 7.11 Å². The van der Waals surface area contributed by atoms with Crippen LogP contribution in [0.3, 0.4) is 0 Å². The van der Waals surface area contributed by atoms with Crippen molar-refractivity contribution in [1.29, 1.82) is 0 Å². The van der Waals surface area contributed by atoms with Gasteiger partial charge in [0.25, 0.3) is 0 Å². The van der Waals surface area contributed by atoms with Gasteiger partial charge in [-0.3, -0.25) is 4.79 Å². The molecule has 1 atom stereocenters. The predicted octanol–water partition coefficient (Wildman–Crippen LogP) is 4.41. The third-order valence-electron chi connectivity index (χ3n) is 4.16. The third kappa shape index (κ3) is 3.59. The summed E-state index contributed by atoms with van der Waals surface area (Å²) in [7, 11) is 1.42. The number of hydrogen-bond donors (Lipinski definition) is 1. The number of esters is 1. The fraction of sp³-hybridized carbons (Fsp3) is 0.250. The normalized spacial score (nSPS) is 12.1. The summed E-state index contributed by atoms with van der Waals surface area (Å²) in [5.41, 5.74) is 3.26. The molecule has 3 aromatic rings. The molecule has 24 heavy (non-hydrogen) atoms. The van der Waals surface area contributed by atoms with Crippen LogP contribution in [0.4, 0.5) is 0 Å². The lowest BCUT2D eigenvalue weighted by Gasteiger charge is -2.10. The molecule has 1 aromatic heterocycles. The van der Waals surface area contributed by atoms with E-state index < -0.39 is 0 Å². The molecule has 1 N–H and O–H groups in total. The topological polar surface area (TPSA) is 51.3 Å². The molecule has 0 saturated carbocycles. The molecule has 4 heteroatoms. The fourth-order valence-electron chi connectivity index (χ4n) is 2.80. The van der Waals surface area contributed by atoms with Crippen LogP contribution in [0, 0.1) is 0 Å². The highest BCUT2D eigenvalue weighted by atomic mass is 16.5. The van der Waals surface area contributed by atoms with Crippen LogP contribution in [0.25, 0.3) is 10.9 Å². The van der Waals surface area contributed by atoms with E-state index in [1.165, 1.54) is 7.11 Å². The van der Waals surface area contributed by atoms with Gasteiger partial charge in [-0.25, -0.2) is 0 Å². The van der Waals surface area contributed by atoms with Crippen molar-refractivity contribution in [2.45, 2.75) is 25.9 Å². The van der Waals surface area contributed by atoms with E-state index in [0.29, 0.717) is 13.0 Å². The molecule has 0 unspecified atom stereocenters. The first kappa shape index (κ1) is 16.1. The number of aromatic nitrogens is 1. The number of hydrogen-bond acceptors (Lipinski definition) is 3. The van der Waals surface area contributed by atoms with Crippen molar-refractivity contribution < 1.29 is 14.3 Å². The smallest absolute Gasteiger partial charge is 0.306 e. The number of rotatable bonds is 6. The molecule has 124 valence electrons. The van der Waals surface area contributed by atoms with Gasteiger partial charge in [0.1, 0.15) is 12.4 Å². The molecule has 0 aliphatic heterocycles. The Morgan fingerprint density at radius 2 is 1.96 bits per heavy atom.